The number of carbonyl (C=O) groups excluding carboxylic acids is 1. The number of hydrogen-bond donors (Lipinski definition) is 1. The summed E-state index contributed by atoms with van der Waals surface area (Å²) in [5.74, 6) is -0.0525. The van der Waals surface area contributed by atoms with Crippen LogP contribution in [0.1, 0.15) is 25.5 Å². The number of ether oxygens (including phenoxy) is 1. The number of amides is 1. The van der Waals surface area contributed by atoms with Gasteiger partial charge in [0.25, 0.3) is 5.91 Å². The smallest absolute Gasteiger partial charge is 0.250 e. The molecule has 106 valence electrons. The van der Waals surface area contributed by atoms with E-state index < -0.39 is 0 Å². The fraction of sp³-hybridized carbons (Fsp3) is 0.692. The second-order valence-corrected chi connectivity index (χ2v) is 4.98. The Bertz CT molecular complexity index is 432. The molecule has 1 fully saturated rings. The standard InChI is InChI=1S/C13H22N4O2/c1-4-17-8-11(7-14-17)10(2)15-13(18)12-9-16(3)5-6-19-12/h7-8,10,12H,4-6,9H2,1-3H3,(H,15,18). The molecule has 1 aliphatic heterocycles. The first kappa shape index (κ1) is 14.0. The summed E-state index contributed by atoms with van der Waals surface area (Å²) in [6.07, 6.45) is 3.38. The Balaban J connectivity index is 1.90. The van der Waals surface area contributed by atoms with Crippen LogP contribution in [0, 0.1) is 0 Å². The van der Waals surface area contributed by atoms with E-state index in [0.717, 1.165) is 18.7 Å². The minimum absolute atomic E-state index is 0.0522. The van der Waals surface area contributed by atoms with E-state index >= 15 is 0 Å². The van der Waals surface area contributed by atoms with E-state index in [0.29, 0.717) is 13.2 Å². The SMILES string of the molecule is CCn1cc(C(C)NC(=O)C2CN(C)CCO2)cn1. The van der Waals surface area contributed by atoms with Crippen molar-refractivity contribution in [3.63, 3.8) is 0 Å². The number of nitrogens with zero attached hydrogens (tertiary/aromatic N) is 3. The second-order valence-electron chi connectivity index (χ2n) is 4.98. The number of aromatic nitrogens is 2. The average Bonchev–Trinajstić information content (AvgIpc) is 2.87. The first-order valence-corrected chi connectivity index (χ1v) is 6.73. The molecule has 1 amide bonds. The zero-order valence-electron chi connectivity index (χ0n) is 11.8. The van der Waals surface area contributed by atoms with Gasteiger partial charge >= 0.3 is 0 Å². The van der Waals surface area contributed by atoms with Crippen LogP contribution in [-0.2, 0) is 16.1 Å². The Morgan fingerprint density at radius 2 is 2.47 bits per heavy atom. The second kappa shape index (κ2) is 6.16. The molecule has 1 N–H and O–H groups in total. The van der Waals surface area contributed by atoms with Gasteiger partial charge in [0, 0.05) is 31.4 Å². The molecule has 2 rings (SSSR count). The molecule has 1 aromatic rings. The summed E-state index contributed by atoms with van der Waals surface area (Å²) < 4.78 is 7.35. The molecule has 0 spiro atoms. The maximum Gasteiger partial charge on any atom is 0.250 e. The Hall–Kier alpha value is -1.40. The van der Waals surface area contributed by atoms with Gasteiger partial charge in [0.05, 0.1) is 18.8 Å². The summed E-state index contributed by atoms with van der Waals surface area (Å²) in [4.78, 5) is 14.2. The number of rotatable bonds is 4. The van der Waals surface area contributed by atoms with Gasteiger partial charge in [-0.05, 0) is 20.9 Å². The highest BCUT2D eigenvalue weighted by molar-refractivity contribution is 5.81. The third-order valence-electron chi connectivity index (χ3n) is 3.40. The Kier molecular flexibility index (Phi) is 4.55. The van der Waals surface area contributed by atoms with Crippen LogP contribution in [0.25, 0.3) is 0 Å². The molecule has 0 aromatic carbocycles. The van der Waals surface area contributed by atoms with E-state index in [9.17, 15) is 4.79 Å². The third-order valence-corrected chi connectivity index (χ3v) is 3.40. The first-order valence-electron chi connectivity index (χ1n) is 6.73. The van der Waals surface area contributed by atoms with Crippen molar-refractivity contribution >= 4 is 5.91 Å². The van der Waals surface area contributed by atoms with Crippen molar-refractivity contribution < 1.29 is 9.53 Å². The summed E-state index contributed by atoms with van der Waals surface area (Å²) in [5.41, 5.74) is 1.01. The van der Waals surface area contributed by atoms with E-state index in [1.165, 1.54) is 0 Å². The van der Waals surface area contributed by atoms with Gasteiger partial charge in [-0.25, -0.2) is 0 Å². The predicted octanol–water partition coefficient (Wildman–Crippen LogP) is 0.411. The highest BCUT2D eigenvalue weighted by Gasteiger charge is 2.26. The molecule has 6 nitrogen and oxygen atoms in total. The van der Waals surface area contributed by atoms with E-state index in [4.69, 9.17) is 4.74 Å². The van der Waals surface area contributed by atoms with Crippen LogP contribution in [0.3, 0.4) is 0 Å². The third kappa shape index (κ3) is 3.54. The molecule has 0 radical (unpaired) electrons. The van der Waals surface area contributed by atoms with Gasteiger partial charge < -0.3 is 15.0 Å². The van der Waals surface area contributed by atoms with Gasteiger partial charge in [-0.2, -0.15) is 5.10 Å². The van der Waals surface area contributed by atoms with E-state index in [1.807, 2.05) is 31.8 Å². The van der Waals surface area contributed by atoms with Crippen molar-refractivity contribution in [1.82, 2.24) is 20.0 Å². The highest BCUT2D eigenvalue weighted by Crippen LogP contribution is 2.12. The number of hydrogen-bond acceptors (Lipinski definition) is 4. The van der Waals surface area contributed by atoms with E-state index in [-0.39, 0.29) is 18.1 Å². The fourth-order valence-corrected chi connectivity index (χ4v) is 2.10. The molecule has 2 atom stereocenters. The monoisotopic (exact) mass is 266 g/mol. The van der Waals surface area contributed by atoms with Crippen LogP contribution < -0.4 is 5.32 Å². The maximum absolute atomic E-state index is 12.1. The maximum atomic E-state index is 12.1. The van der Waals surface area contributed by atoms with Crippen molar-refractivity contribution in [1.29, 1.82) is 0 Å². The van der Waals surface area contributed by atoms with E-state index in [2.05, 4.69) is 15.3 Å². The molecule has 2 heterocycles. The lowest BCUT2D eigenvalue weighted by atomic mass is 10.1. The molecule has 0 bridgehead atoms. The lowest BCUT2D eigenvalue weighted by Crippen LogP contribution is -2.48. The highest BCUT2D eigenvalue weighted by atomic mass is 16.5. The Morgan fingerprint density at radius 3 is 3.11 bits per heavy atom. The molecule has 0 aliphatic carbocycles. The first-order chi connectivity index (χ1) is 9.10. The van der Waals surface area contributed by atoms with Crippen LogP contribution in [-0.4, -0.2) is 53.4 Å². The number of nitrogens with one attached hydrogen (secondary N) is 1. The van der Waals surface area contributed by atoms with Crippen molar-refractivity contribution in [3.8, 4) is 0 Å². The van der Waals surface area contributed by atoms with Gasteiger partial charge in [0.1, 0.15) is 6.10 Å². The van der Waals surface area contributed by atoms with Crippen molar-refractivity contribution in [2.24, 2.45) is 0 Å². The Morgan fingerprint density at radius 1 is 1.68 bits per heavy atom. The van der Waals surface area contributed by atoms with Gasteiger partial charge in [0.15, 0.2) is 0 Å². The quantitative estimate of drug-likeness (QED) is 0.857. The molecular formula is C13H22N4O2. The number of morpholine rings is 1. The lowest BCUT2D eigenvalue weighted by molar-refractivity contribution is -0.138. The van der Waals surface area contributed by atoms with Crippen molar-refractivity contribution in [2.45, 2.75) is 32.5 Å². The summed E-state index contributed by atoms with van der Waals surface area (Å²) in [6.45, 7) is 6.95. The summed E-state index contributed by atoms with van der Waals surface area (Å²) in [5, 5.41) is 7.19. The zero-order valence-corrected chi connectivity index (χ0v) is 11.8. The molecule has 1 saturated heterocycles. The number of aryl methyl sites for hydroxylation is 1. The van der Waals surface area contributed by atoms with Crippen LogP contribution in [0.2, 0.25) is 0 Å². The Labute approximate surface area is 113 Å². The van der Waals surface area contributed by atoms with Gasteiger partial charge in [0.2, 0.25) is 0 Å². The summed E-state index contributed by atoms with van der Waals surface area (Å²) >= 11 is 0. The van der Waals surface area contributed by atoms with E-state index in [1.54, 1.807) is 6.20 Å². The lowest BCUT2D eigenvalue weighted by Gasteiger charge is -2.29. The van der Waals surface area contributed by atoms with Crippen molar-refractivity contribution in [2.75, 3.05) is 26.7 Å². The predicted molar refractivity (Wildman–Crippen MR) is 71.7 cm³/mol. The molecule has 0 saturated carbocycles. The topological polar surface area (TPSA) is 59.4 Å². The van der Waals surface area contributed by atoms with Crippen LogP contribution in [0.15, 0.2) is 12.4 Å². The van der Waals surface area contributed by atoms with Crippen molar-refractivity contribution in [3.05, 3.63) is 18.0 Å². The van der Waals surface area contributed by atoms with Gasteiger partial charge in [-0.3, -0.25) is 9.48 Å². The average molecular weight is 266 g/mol. The minimum atomic E-state index is -0.373. The normalized spacial score (nSPS) is 22.2. The van der Waals surface area contributed by atoms with Crippen LogP contribution in [0.5, 0.6) is 0 Å². The molecule has 19 heavy (non-hydrogen) atoms. The fourth-order valence-electron chi connectivity index (χ4n) is 2.10. The minimum Gasteiger partial charge on any atom is -0.366 e. The molecule has 6 heteroatoms. The summed E-state index contributed by atoms with van der Waals surface area (Å²) in [6, 6.07) is -0.0522. The molecular weight excluding hydrogens is 244 g/mol. The summed E-state index contributed by atoms with van der Waals surface area (Å²) in [7, 11) is 2.00. The molecule has 1 aromatic heterocycles. The van der Waals surface area contributed by atoms with Gasteiger partial charge in [-0.15, -0.1) is 0 Å². The van der Waals surface area contributed by atoms with Crippen LogP contribution >= 0.6 is 0 Å². The largest absolute Gasteiger partial charge is 0.366 e. The van der Waals surface area contributed by atoms with Crippen LogP contribution in [0.4, 0.5) is 0 Å². The number of carbonyl (C=O) groups is 1. The molecule has 1 aliphatic rings. The van der Waals surface area contributed by atoms with Gasteiger partial charge in [-0.1, -0.05) is 0 Å². The molecule has 2 unspecified atom stereocenters. The zero-order chi connectivity index (χ0) is 13.8. The number of likely N-dealkylation sites (N-methyl/N-ethyl adjacent to an activating group) is 1.